The number of hydrogen-bond donors (Lipinski definition) is 0. The third kappa shape index (κ3) is 2.81. The summed E-state index contributed by atoms with van der Waals surface area (Å²) < 4.78 is 10.9. The minimum absolute atomic E-state index is 0.00460. The fraction of sp³-hybridized carbons (Fsp3) is 0.350. The van der Waals surface area contributed by atoms with Crippen LogP contribution >= 0.6 is 23.2 Å². The first-order chi connectivity index (χ1) is 12.6. The molecule has 0 spiro atoms. The molecule has 2 aromatic rings. The summed E-state index contributed by atoms with van der Waals surface area (Å²) in [6.07, 6.45) is 3.08. The lowest BCUT2D eigenvalue weighted by atomic mass is 9.92. The smallest absolute Gasteiger partial charge is 0.239 e. The Morgan fingerprint density at radius 3 is 2.65 bits per heavy atom. The van der Waals surface area contributed by atoms with Crippen LogP contribution in [0.1, 0.15) is 43.2 Å². The van der Waals surface area contributed by atoms with Gasteiger partial charge in [0, 0.05) is 17.1 Å². The van der Waals surface area contributed by atoms with Crippen molar-refractivity contribution in [3.63, 3.8) is 0 Å². The van der Waals surface area contributed by atoms with E-state index >= 15 is 0 Å². The maximum Gasteiger partial charge on any atom is 0.239 e. The van der Waals surface area contributed by atoms with Crippen LogP contribution in [-0.2, 0) is 4.79 Å². The molecule has 2 aromatic carbocycles. The van der Waals surface area contributed by atoms with Crippen molar-refractivity contribution in [3.05, 3.63) is 51.5 Å². The molecule has 6 heteroatoms. The Bertz CT molecular complexity index is 868. The molecule has 1 amide bonds. The molecule has 2 heterocycles. The summed E-state index contributed by atoms with van der Waals surface area (Å²) >= 11 is 13.0. The third-order valence-corrected chi connectivity index (χ3v) is 5.54. The molecule has 0 bridgehead atoms. The molecular weight excluding hydrogens is 373 g/mol. The van der Waals surface area contributed by atoms with Gasteiger partial charge in [-0.15, -0.1) is 0 Å². The quantitative estimate of drug-likeness (QED) is 0.641. The van der Waals surface area contributed by atoms with E-state index in [-0.39, 0.29) is 12.7 Å². The molecule has 0 N–H and O–H groups in total. The van der Waals surface area contributed by atoms with Gasteiger partial charge in [0.25, 0.3) is 0 Å². The second-order valence-corrected chi connectivity index (χ2v) is 7.35. The monoisotopic (exact) mass is 391 g/mol. The predicted octanol–water partition coefficient (Wildman–Crippen LogP) is 5.39. The summed E-state index contributed by atoms with van der Waals surface area (Å²) in [6, 6.07) is 9.10. The van der Waals surface area contributed by atoms with Gasteiger partial charge < -0.3 is 14.4 Å². The molecule has 0 aliphatic carbocycles. The van der Waals surface area contributed by atoms with Crippen LogP contribution in [0.4, 0.5) is 5.69 Å². The molecule has 0 aromatic heterocycles. The van der Waals surface area contributed by atoms with Crippen molar-refractivity contribution in [3.8, 4) is 11.5 Å². The number of ether oxygens (including phenoxy) is 2. The van der Waals surface area contributed by atoms with Crippen molar-refractivity contribution >= 4 is 34.8 Å². The van der Waals surface area contributed by atoms with E-state index in [1.165, 1.54) is 0 Å². The van der Waals surface area contributed by atoms with E-state index in [1.807, 2.05) is 18.2 Å². The Morgan fingerprint density at radius 2 is 1.85 bits per heavy atom. The zero-order valence-corrected chi connectivity index (χ0v) is 15.9. The van der Waals surface area contributed by atoms with E-state index in [1.54, 1.807) is 17.0 Å². The number of amides is 1. The molecule has 1 atom stereocenters. The lowest BCUT2D eigenvalue weighted by Crippen LogP contribution is -2.30. The molecule has 4 nitrogen and oxygen atoms in total. The zero-order chi connectivity index (χ0) is 18.3. The summed E-state index contributed by atoms with van der Waals surface area (Å²) in [5.41, 5.74) is 2.35. The molecule has 0 saturated carbocycles. The molecular formula is C20H19Cl2NO3. The highest BCUT2D eigenvalue weighted by Gasteiger charge is 2.41. The van der Waals surface area contributed by atoms with Gasteiger partial charge in [-0.25, -0.2) is 0 Å². The van der Waals surface area contributed by atoms with E-state index < -0.39 is 5.92 Å². The van der Waals surface area contributed by atoms with Crippen molar-refractivity contribution in [2.24, 2.45) is 0 Å². The number of halogens is 2. The van der Waals surface area contributed by atoms with Gasteiger partial charge in [0.1, 0.15) is 0 Å². The number of rotatable bonds is 5. The van der Waals surface area contributed by atoms with Gasteiger partial charge in [0.15, 0.2) is 11.5 Å². The second kappa shape index (κ2) is 7.01. The fourth-order valence-corrected chi connectivity index (χ4v) is 4.17. The standard InChI is InChI=1S/C20H19Cl2NO3/c1-2-3-4-9-23-19-14(22)7-6-13(21)18(19)17(20(23)24)12-5-8-15-16(10-12)26-11-25-15/h5-8,10,17H,2-4,9,11H2,1H3. The van der Waals surface area contributed by atoms with Crippen LogP contribution in [0.15, 0.2) is 30.3 Å². The Kier molecular flexibility index (Phi) is 4.72. The highest BCUT2D eigenvalue weighted by molar-refractivity contribution is 6.38. The number of fused-ring (bicyclic) bond motifs is 2. The summed E-state index contributed by atoms with van der Waals surface area (Å²) in [5, 5.41) is 1.11. The highest BCUT2D eigenvalue weighted by atomic mass is 35.5. The summed E-state index contributed by atoms with van der Waals surface area (Å²) in [7, 11) is 0. The van der Waals surface area contributed by atoms with Crippen molar-refractivity contribution in [2.75, 3.05) is 18.2 Å². The van der Waals surface area contributed by atoms with Crippen LogP contribution in [0.25, 0.3) is 0 Å². The molecule has 136 valence electrons. The number of anilines is 1. The molecule has 0 fully saturated rings. The largest absolute Gasteiger partial charge is 0.454 e. The highest BCUT2D eigenvalue weighted by Crippen LogP contribution is 2.49. The number of nitrogens with zero attached hydrogens (tertiary/aromatic N) is 1. The van der Waals surface area contributed by atoms with Crippen molar-refractivity contribution < 1.29 is 14.3 Å². The first-order valence-electron chi connectivity index (χ1n) is 8.80. The summed E-state index contributed by atoms with van der Waals surface area (Å²) in [6.45, 7) is 2.98. The Morgan fingerprint density at radius 1 is 1.08 bits per heavy atom. The van der Waals surface area contributed by atoms with Gasteiger partial charge in [0.05, 0.1) is 16.6 Å². The molecule has 0 radical (unpaired) electrons. The number of benzene rings is 2. The SMILES string of the molecule is CCCCCN1C(=O)C(c2ccc3c(c2)OCO3)c2c(Cl)ccc(Cl)c21. The summed E-state index contributed by atoms with van der Waals surface area (Å²) in [4.78, 5) is 15.1. The van der Waals surface area contributed by atoms with Crippen molar-refractivity contribution in [1.29, 1.82) is 0 Å². The van der Waals surface area contributed by atoms with Crippen LogP contribution in [0.2, 0.25) is 10.0 Å². The maximum absolute atomic E-state index is 13.3. The van der Waals surface area contributed by atoms with E-state index in [2.05, 4.69) is 6.92 Å². The van der Waals surface area contributed by atoms with Crippen molar-refractivity contribution in [1.82, 2.24) is 0 Å². The van der Waals surface area contributed by atoms with Gasteiger partial charge in [0.2, 0.25) is 12.7 Å². The van der Waals surface area contributed by atoms with Gasteiger partial charge in [-0.05, 0) is 36.2 Å². The Labute approximate surface area is 162 Å². The van der Waals surface area contributed by atoms with Gasteiger partial charge in [-0.1, -0.05) is 49.0 Å². The Hall–Kier alpha value is -1.91. The summed E-state index contributed by atoms with van der Waals surface area (Å²) in [5.74, 6) is 0.869. The van der Waals surface area contributed by atoms with E-state index in [9.17, 15) is 4.79 Å². The molecule has 2 aliphatic heterocycles. The molecule has 0 saturated heterocycles. The average molecular weight is 392 g/mol. The molecule has 1 unspecified atom stereocenters. The topological polar surface area (TPSA) is 38.8 Å². The van der Waals surface area contributed by atoms with Gasteiger partial charge in [-0.2, -0.15) is 0 Å². The second-order valence-electron chi connectivity index (χ2n) is 6.53. The van der Waals surface area contributed by atoms with Crippen LogP contribution in [0, 0.1) is 0 Å². The maximum atomic E-state index is 13.3. The lowest BCUT2D eigenvalue weighted by Gasteiger charge is -2.19. The van der Waals surface area contributed by atoms with Gasteiger partial charge in [-0.3, -0.25) is 4.79 Å². The Balaban J connectivity index is 1.79. The van der Waals surface area contributed by atoms with E-state index in [4.69, 9.17) is 32.7 Å². The zero-order valence-electron chi connectivity index (χ0n) is 14.4. The number of hydrogen-bond acceptors (Lipinski definition) is 3. The average Bonchev–Trinajstić information content (AvgIpc) is 3.21. The number of unbranched alkanes of at least 4 members (excludes halogenated alkanes) is 2. The van der Waals surface area contributed by atoms with Crippen LogP contribution < -0.4 is 14.4 Å². The van der Waals surface area contributed by atoms with Crippen molar-refractivity contribution in [2.45, 2.75) is 32.1 Å². The van der Waals surface area contributed by atoms with Crippen LogP contribution in [-0.4, -0.2) is 19.2 Å². The lowest BCUT2D eigenvalue weighted by molar-refractivity contribution is -0.118. The third-order valence-electron chi connectivity index (χ3n) is 4.90. The first-order valence-corrected chi connectivity index (χ1v) is 9.56. The number of carbonyl (C=O) groups is 1. The van der Waals surface area contributed by atoms with Crippen LogP contribution in [0.3, 0.4) is 0 Å². The normalized spacial score (nSPS) is 17.7. The van der Waals surface area contributed by atoms with Crippen LogP contribution in [0.5, 0.6) is 11.5 Å². The molecule has 2 aliphatic rings. The first kappa shape index (κ1) is 17.5. The van der Waals surface area contributed by atoms with E-state index in [0.717, 1.165) is 36.1 Å². The molecule has 4 rings (SSSR count). The number of carbonyl (C=O) groups excluding carboxylic acids is 1. The molecule has 26 heavy (non-hydrogen) atoms. The van der Waals surface area contributed by atoms with Gasteiger partial charge >= 0.3 is 0 Å². The minimum Gasteiger partial charge on any atom is -0.454 e. The van der Waals surface area contributed by atoms with E-state index in [0.29, 0.717) is 28.1 Å². The minimum atomic E-state index is -0.479. The predicted molar refractivity (Wildman–Crippen MR) is 103 cm³/mol. The fourth-order valence-electron chi connectivity index (χ4n) is 3.64.